The fourth-order valence-electron chi connectivity index (χ4n) is 2.57. The van der Waals surface area contributed by atoms with Gasteiger partial charge in [-0.05, 0) is 31.2 Å². The lowest BCUT2D eigenvalue weighted by Gasteiger charge is -2.19. The van der Waals surface area contributed by atoms with Crippen LogP contribution in [-0.2, 0) is 9.53 Å². The zero-order chi connectivity index (χ0) is 19.4. The molecule has 1 heterocycles. The SMILES string of the molecule is CC(Sc1ccc([N+](=O)[O-])cc1)C(=O)Nc1ccccc1N1CCOC1=O. The number of ether oxygens (including phenoxy) is 1. The number of hydrogen-bond acceptors (Lipinski definition) is 6. The number of carbonyl (C=O) groups is 2. The molecule has 1 fully saturated rings. The Labute approximate surface area is 159 Å². The molecule has 0 saturated carbocycles. The third-order valence-corrected chi connectivity index (χ3v) is 5.06. The smallest absolute Gasteiger partial charge is 0.414 e. The number of para-hydroxylation sites is 2. The second kappa shape index (κ2) is 8.09. The van der Waals surface area contributed by atoms with Crippen LogP contribution in [0.2, 0.25) is 0 Å². The Morgan fingerprint density at radius 2 is 1.96 bits per heavy atom. The van der Waals surface area contributed by atoms with Gasteiger partial charge in [-0.25, -0.2) is 4.79 Å². The zero-order valence-electron chi connectivity index (χ0n) is 14.5. The van der Waals surface area contributed by atoms with E-state index in [0.717, 1.165) is 4.90 Å². The van der Waals surface area contributed by atoms with Crippen molar-refractivity contribution < 1.29 is 19.2 Å². The van der Waals surface area contributed by atoms with Crippen LogP contribution in [-0.4, -0.2) is 35.3 Å². The number of nitro benzene ring substituents is 1. The normalized spacial score (nSPS) is 14.6. The predicted octanol–water partition coefficient (Wildman–Crippen LogP) is 3.67. The number of nitrogens with zero attached hydrogens (tertiary/aromatic N) is 2. The molecular weight excluding hydrogens is 370 g/mol. The van der Waals surface area contributed by atoms with Crippen molar-refractivity contribution in [3.63, 3.8) is 0 Å². The molecule has 1 saturated heterocycles. The molecule has 1 atom stereocenters. The Hall–Kier alpha value is -3.07. The number of cyclic esters (lactones) is 1. The van der Waals surface area contributed by atoms with Crippen molar-refractivity contribution in [1.29, 1.82) is 0 Å². The largest absolute Gasteiger partial charge is 0.447 e. The van der Waals surface area contributed by atoms with Crippen molar-refractivity contribution in [3.8, 4) is 0 Å². The van der Waals surface area contributed by atoms with Gasteiger partial charge in [0, 0.05) is 17.0 Å². The molecule has 2 aromatic carbocycles. The predicted molar refractivity (Wildman–Crippen MR) is 102 cm³/mol. The lowest BCUT2D eigenvalue weighted by Crippen LogP contribution is -2.27. The molecule has 0 aromatic heterocycles. The van der Waals surface area contributed by atoms with Crippen molar-refractivity contribution >= 4 is 40.8 Å². The summed E-state index contributed by atoms with van der Waals surface area (Å²) >= 11 is 1.29. The summed E-state index contributed by atoms with van der Waals surface area (Å²) in [6, 6.07) is 13.1. The molecule has 2 amide bonds. The molecule has 1 aliphatic rings. The highest BCUT2D eigenvalue weighted by Gasteiger charge is 2.26. The lowest BCUT2D eigenvalue weighted by molar-refractivity contribution is -0.384. The van der Waals surface area contributed by atoms with Crippen molar-refractivity contribution in [1.82, 2.24) is 0 Å². The number of nitrogens with one attached hydrogen (secondary N) is 1. The van der Waals surface area contributed by atoms with Gasteiger partial charge in [0.1, 0.15) is 6.61 Å². The topological polar surface area (TPSA) is 102 Å². The first-order valence-electron chi connectivity index (χ1n) is 8.21. The number of amides is 2. The van der Waals surface area contributed by atoms with Crippen LogP contribution in [0.4, 0.5) is 21.9 Å². The minimum Gasteiger partial charge on any atom is -0.447 e. The van der Waals surface area contributed by atoms with E-state index in [1.54, 1.807) is 43.3 Å². The first-order valence-corrected chi connectivity index (χ1v) is 9.09. The average Bonchev–Trinajstić information content (AvgIpc) is 3.08. The maximum atomic E-state index is 12.6. The molecule has 0 radical (unpaired) electrons. The summed E-state index contributed by atoms with van der Waals surface area (Å²) in [6.07, 6.45) is -0.440. The summed E-state index contributed by atoms with van der Waals surface area (Å²) in [5, 5.41) is 13.1. The fraction of sp³-hybridized carbons (Fsp3) is 0.222. The molecule has 27 heavy (non-hydrogen) atoms. The molecular formula is C18H17N3O5S. The Balaban J connectivity index is 1.68. The quantitative estimate of drug-likeness (QED) is 0.461. The highest BCUT2D eigenvalue weighted by Crippen LogP contribution is 2.30. The summed E-state index contributed by atoms with van der Waals surface area (Å²) in [5.41, 5.74) is 1.11. The molecule has 2 aromatic rings. The summed E-state index contributed by atoms with van der Waals surface area (Å²) in [4.78, 5) is 36.8. The average molecular weight is 387 g/mol. The van der Waals surface area contributed by atoms with Gasteiger partial charge in [0.2, 0.25) is 5.91 Å². The third-order valence-electron chi connectivity index (χ3n) is 3.94. The molecule has 8 nitrogen and oxygen atoms in total. The number of carbonyl (C=O) groups excluding carboxylic acids is 2. The van der Waals surface area contributed by atoms with E-state index in [-0.39, 0.29) is 11.6 Å². The van der Waals surface area contributed by atoms with Gasteiger partial charge in [-0.15, -0.1) is 11.8 Å². The van der Waals surface area contributed by atoms with Gasteiger partial charge in [-0.3, -0.25) is 19.8 Å². The maximum Gasteiger partial charge on any atom is 0.414 e. The molecule has 0 spiro atoms. The zero-order valence-corrected chi connectivity index (χ0v) is 15.3. The van der Waals surface area contributed by atoms with Crippen LogP contribution in [0.15, 0.2) is 53.4 Å². The number of rotatable bonds is 6. The van der Waals surface area contributed by atoms with Gasteiger partial charge >= 0.3 is 6.09 Å². The van der Waals surface area contributed by atoms with E-state index in [9.17, 15) is 19.7 Å². The van der Waals surface area contributed by atoms with Gasteiger partial charge in [0.05, 0.1) is 28.1 Å². The molecule has 3 rings (SSSR count). The highest BCUT2D eigenvalue weighted by atomic mass is 32.2. The van der Waals surface area contributed by atoms with E-state index >= 15 is 0 Å². The van der Waals surface area contributed by atoms with Crippen molar-refractivity contribution in [2.45, 2.75) is 17.1 Å². The van der Waals surface area contributed by atoms with Gasteiger partial charge in [0.25, 0.3) is 5.69 Å². The number of anilines is 2. The first-order chi connectivity index (χ1) is 13.0. The Bertz CT molecular complexity index is 872. The number of benzene rings is 2. The minimum absolute atomic E-state index is 0.00267. The van der Waals surface area contributed by atoms with E-state index in [0.29, 0.717) is 24.5 Å². The summed E-state index contributed by atoms with van der Waals surface area (Å²) in [6.45, 7) is 2.49. The maximum absolute atomic E-state index is 12.6. The van der Waals surface area contributed by atoms with Crippen LogP contribution in [0.3, 0.4) is 0 Å². The van der Waals surface area contributed by atoms with Crippen molar-refractivity contribution in [2.24, 2.45) is 0 Å². The number of thioether (sulfide) groups is 1. The van der Waals surface area contributed by atoms with E-state index in [4.69, 9.17) is 4.74 Å². The Kier molecular flexibility index (Phi) is 5.60. The number of nitro groups is 1. The van der Waals surface area contributed by atoms with E-state index in [2.05, 4.69) is 5.32 Å². The van der Waals surface area contributed by atoms with Crippen molar-refractivity contribution in [3.05, 3.63) is 58.6 Å². The van der Waals surface area contributed by atoms with Gasteiger partial charge in [-0.2, -0.15) is 0 Å². The van der Waals surface area contributed by atoms with Crippen LogP contribution in [0.25, 0.3) is 0 Å². The second-order valence-corrected chi connectivity index (χ2v) is 7.20. The summed E-state index contributed by atoms with van der Waals surface area (Å²) in [7, 11) is 0. The van der Waals surface area contributed by atoms with E-state index < -0.39 is 16.3 Å². The number of non-ortho nitro benzene ring substituents is 1. The van der Waals surface area contributed by atoms with Crippen molar-refractivity contribution in [2.75, 3.05) is 23.4 Å². The van der Waals surface area contributed by atoms with Gasteiger partial charge in [-0.1, -0.05) is 12.1 Å². The lowest BCUT2D eigenvalue weighted by atomic mass is 10.2. The van der Waals surface area contributed by atoms with Crippen LogP contribution in [0.5, 0.6) is 0 Å². The Morgan fingerprint density at radius 3 is 2.59 bits per heavy atom. The highest BCUT2D eigenvalue weighted by molar-refractivity contribution is 8.00. The minimum atomic E-state index is -0.467. The second-order valence-electron chi connectivity index (χ2n) is 5.78. The van der Waals surface area contributed by atoms with Gasteiger partial charge in [0.15, 0.2) is 0 Å². The monoisotopic (exact) mass is 387 g/mol. The first kappa shape index (κ1) is 18.7. The summed E-state index contributed by atoms with van der Waals surface area (Å²) in [5.74, 6) is -0.238. The fourth-order valence-corrected chi connectivity index (χ4v) is 3.43. The van der Waals surface area contributed by atoms with Crippen LogP contribution < -0.4 is 10.2 Å². The van der Waals surface area contributed by atoms with E-state index in [1.807, 2.05) is 0 Å². The molecule has 1 N–H and O–H groups in total. The molecule has 0 bridgehead atoms. The Morgan fingerprint density at radius 1 is 1.26 bits per heavy atom. The molecule has 9 heteroatoms. The van der Waals surface area contributed by atoms with Crippen LogP contribution >= 0.6 is 11.8 Å². The van der Waals surface area contributed by atoms with E-state index in [1.165, 1.54) is 28.8 Å². The molecule has 1 unspecified atom stereocenters. The van der Waals surface area contributed by atoms with Crippen LogP contribution in [0, 0.1) is 10.1 Å². The molecule has 140 valence electrons. The number of hydrogen-bond donors (Lipinski definition) is 1. The standard InChI is InChI=1S/C18H17N3O5S/c1-12(27-14-8-6-13(7-9-14)21(24)25)17(22)19-15-4-2-3-5-16(15)20-10-11-26-18(20)23/h2-9,12H,10-11H2,1H3,(H,19,22). The third kappa shape index (κ3) is 4.37. The summed E-state index contributed by atoms with van der Waals surface area (Å²) < 4.78 is 4.95. The van der Waals surface area contributed by atoms with Crippen LogP contribution in [0.1, 0.15) is 6.92 Å². The molecule has 0 aliphatic carbocycles. The van der Waals surface area contributed by atoms with Gasteiger partial charge < -0.3 is 10.1 Å². The molecule has 1 aliphatic heterocycles.